The molecule has 0 atom stereocenters. The van der Waals surface area contributed by atoms with E-state index < -0.39 is 17.8 Å². The van der Waals surface area contributed by atoms with Crippen LogP contribution < -0.4 is 9.47 Å². The Kier molecular flexibility index (Phi) is 8.67. The lowest BCUT2D eigenvalue weighted by Crippen LogP contribution is -2.14. The van der Waals surface area contributed by atoms with Gasteiger partial charge in [0.2, 0.25) is 0 Å². The van der Waals surface area contributed by atoms with Crippen LogP contribution in [0.2, 0.25) is 0 Å². The summed E-state index contributed by atoms with van der Waals surface area (Å²) >= 11 is 0. The van der Waals surface area contributed by atoms with Crippen molar-refractivity contribution in [3.8, 4) is 33.8 Å². The van der Waals surface area contributed by atoms with E-state index >= 15 is 0 Å². The van der Waals surface area contributed by atoms with Crippen molar-refractivity contribution in [1.82, 2.24) is 0 Å². The highest BCUT2D eigenvalue weighted by molar-refractivity contribution is 5.90. The average Bonchev–Trinajstić information content (AvgIpc) is 2.86. The molecule has 0 unspecified atom stereocenters. The molecule has 7 heteroatoms. The fourth-order valence-electron chi connectivity index (χ4n) is 3.15. The Balaban J connectivity index is 1.68. The molecule has 0 fully saturated rings. The van der Waals surface area contributed by atoms with Crippen LogP contribution in [0.5, 0.6) is 11.5 Å². The minimum Gasteiger partial charge on any atom is -0.423 e. The summed E-state index contributed by atoms with van der Waals surface area (Å²) in [4.78, 5) is 23.8. The Labute approximate surface area is 203 Å². The second-order valence-corrected chi connectivity index (χ2v) is 7.60. The van der Waals surface area contributed by atoms with E-state index in [1.54, 1.807) is 18.2 Å². The fourth-order valence-corrected chi connectivity index (χ4v) is 3.15. The summed E-state index contributed by atoms with van der Waals surface area (Å²) in [5.41, 5.74) is 3.58. The number of hydrogen-bond acceptors (Lipinski definition) is 6. The van der Waals surface area contributed by atoms with E-state index in [1.165, 1.54) is 26.4 Å². The first-order valence-corrected chi connectivity index (χ1v) is 10.6. The lowest BCUT2D eigenvalue weighted by Gasteiger charge is -2.10. The lowest BCUT2D eigenvalue weighted by molar-refractivity contribution is -0.131. The van der Waals surface area contributed by atoms with Crippen LogP contribution in [0.25, 0.3) is 22.3 Å². The van der Waals surface area contributed by atoms with E-state index in [0.29, 0.717) is 11.3 Å². The summed E-state index contributed by atoms with van der Waals surface area (Å²) in [5.74, 6) is -1.74. The Morgan fingerprint density at radius 1 is 0.686 bits per heavy atom. The molecule has 3 aromatic carbocycles. The Bertz CT molecular complexity index is 1230. The number of benzene rings is 3. The van der Waals surface area contributed by atoms with Crippen molar-refractivity contribution >= 4 is 11.9 Å². The zero-order valence-corrected chi connectivity index (χ0v) is 19.5. The minimum atomic E-state index is -0.747. The largest absolute Gasteiger partial charge is 0.423 e. The molecule has 0 aliphatic carbocycles. The summed E-state index contributed by atoms with van der Waals surface area (Å²) in [6.07, 6.45) is 0. The molecule has 0 saturated carbocycles. The Morgan fingerprint density at radius 2 is 1.11 bits per heavy atom. The molecule has 3 rings (SSSR count). The molecule has 35 heavy (non-hydrogen) atoms. The van der Waals surface area contributed by atoms with Gasteiger partial charge in [-0.25, -0.2) is 14.0 Å². The van der Waals surface area contributed by atoms with E-state index in [9.17, 15) is 14.0 Å². The molecule has 0 aromatic heterocycles. The summed E-state index contributed by atoms with van der Waals surface area (Å²) in [6, 6.07) is 18.9. The van der Waals surface area contributed by atoms with Gasteiger partial charge in [-0.2, -0.15) is 0 Å². The van der Waals surface area contributed by atoms with Gasteiger partial charge in [-0.1, -0.05) is 55.6 Å². The van der Waals surface area contributed by atoms with Gasteiger partial charge in [0, 0.05) is 14.2 Å². The maximum Gasteiger partial charge on any atom is 0.341 e. The monoisotopic (exact) mass is 476 g/mol. The van der Waals surface area contributed by atoms with E-state index in [4.69, 9.17) is 18.9 Å². The van der Waals surface area contributed by atoms with Gasteiger partial charge < -0.3 is 18.9 Å². The van der Waals surface area contributed by atoms with Crippen molar-refractivity contribution in [2.24, 2.45) is 0 Å². The molecule has 0 aliphatic rings. The number of hydrogen-bond donors (Lipinski definition) is 0. The van der Waals surface area contributed by atoms with E-state index in [2.05, 4.69) is 13.2 Å². The van der Waals surface area contributed by atoms with Gasteiger partial charge in [-0.15, -0.1) is 0 Å². The van der Waals surface area contributed by atoms with Gasteiger partial charge in [0.1, 0.15) is 5.75 Å². The van der Waals surface area contributed by atoms with Gasteiger partial charge >= 0.3 is 11.9 Å². The molecule has 3 aromatic rings. The van der Waals surface area contributed by atoms with E-state index in [1.807, 2.05) is 36.4 Å². The highest BCUT2D eigenvalue weighted by atomic mass is 19.1. The number of carbonyl (C=O) groups excluding carboxylic acids is 2. The molecule has 180 valence electrons. The average molecular weight is 477 g/mol. The van der Waals surface area contributed by atoms with Crippen LogP contribution in [0.1, 0.15) is 0 Å². The van der Waals surface area contributed by atoms with Crippen LogP contribution in [0.3, 0.4) is 0 Å². The van der Waals surface area contributed by atoms with Gasteiger partial charge in [0.05, 0.1) is 24.4 Å². The SMILES string of the molecule is C=C(COC)C(=O)Oc1ccc(-c2ccc(-c3ccc(OC(=O)C(=C)COC)c(F)c3)cc2)cc1. The van der Waals surface area contributed by atoms with Crippen LogP contribution in [0.4, 0.5) is 4.39 Å². The minimum absolute atomic E-state index is 0.00288. The maximum atomic E-state index is 14.5. The molecule has 0 heterocycles. The Hall–Kier alpha value is -4.07. The predicted octanol–water partition coefficient (Wildman–Crippen LogP) is 5.38. The second-order valence-electron chi connectivity index (χ2n) is 7.60. The van der Waals surface area contributed by atoms with Crippen molar-refractivity contribution in [2.75, 3.05) is 27.4 Å². The molecule has 0 N–H and O–H groups in total. The normalized spacial score (nSPS) is 10.5. The van der Waals surface area contributed by atoms with Crippen molar-refractivity contribution in [2.45, 2.75) is 0 Å². The van der Waals surface area contributed by atoms with Crippen molar-refractivity contribution in [3.05, 3.63) is 96.9 Å². The number of halogens is 1. The van der Waals surface area contributed by atoms with Crippen LogP contribution >= 0.6 is 0 Å². The Morgan fingerprint density at radius 3 is 1.60 bits per heavy atom. The van der Waals surface area contributed by atoms with E-state index in [-0.39, 0.29) is 30.1 Å². The summed E-state index contributed by atoms with van der Waals surface area (Å²) in [6.45, 7) is 7.28. The maximum absolute atomic E-state index is 14.5. The summed E-state index contributed by atoms with van der Waals surface area (Å²) in [7, 11) is 2.90. The van der Waals surface area contributed by atoms with Crippen LogP contribution in [-0.2, 0) is 19.1 Å². The quantitative estimate of drug-likeness (QED) is 0.222. The molecule has 0 radical (unpaired) electrons. The van der Waals surface area contributed by atoms with Crippen LogP contribution in [0.15, 0.2) is 91.0 Å². The molecular formula is C28H25FO6. The fraction of sp³-hybridized carbons (Fsp3) is 0.143. The van der Waals surface area contributed by atoms with Gasteiger partial charge in [-0.3, -0.25) is 0 Å². The number of carbonyl (C=O) groups is 2. The zero-order valence-electron chi connectivity index (χ0n) is 19.5. The van der Waals surface area contributed by atoms with Crippen molar-refractivity contribution in [1.29, 1.82) is 0 Å². The number of rotatable bonds is 10. The van der Waals surface area contributed by atoms with Crippen molar-refractivity contribution in [3.63, 3.8) is 0 Å². The third kappa shape index (κ3) is 6.72. The number of methoxy groups -OCH3 is 2. The highest BCUT2D eigenvalue weighted by Crippen LogP contribution is 2.29. The van der Waals surface area contributed by atoms with Crippen LogP contribution in [0, 0.1) is 5.82 Å². The van der Waals surface area contributed by atoms with Crippen LogP contribution in [-0.4, -0.2) is 39.4 Å². The third-order valence-corrected chi connectivity index (χ3v) is 4.97. The van der Waals surface area contributed by atoms with Gasteiger partial charge in [0.15, 0.2) is 11.6 Å². The molecule has 0 saturated heterocycles. The predicted molar refractivity (Wildman–Crippen MR) is 131 cm³/mol. The molecular weight excluding hydrogens is 451 g/mol. The molecule has 0 spiro atoms. The number of ether oxygens (including phenoxy) is 4. The molecule has 0 aliphatic heterocycles. The van der Waals surface area contributed by atoms with Gasteiger partial charge in [0.25, 0.3) is 0 Å². The second kappa shape index (κ2) is 11.9. The third-order valence-electron chi connectivity index (χ3n) is 4.97. The number of esters is 2. The van der Waals surface area contributed by atoms with Gasteiger partial charge in [-0.05, 0) is 46.5 Å². The first kappa shape index (κ1) is 25.6. The molecule has 6 nitrogen and oxygen atoms in total. The summed E-state index contributed by atoms with van der Waals surface area (Å²) < 4.78 is 34.5. The summed E-state index contributed by atoms with van der Waals surface area (Å²) in [5, 5.41) is 0. The standard InChI is InChI=1S/C28H25FO6/c1-18(16-32-3)27(30)34-24-12-9-21(10-13-24)20-5-7-22(8-6-20)23-11-14-26(25(29)15-23)35-28(31)19(2)17-33-4/h5-15H,1-2,16-17H2,3-4H3. The first-order chi connectivity index (χ1) is 16.8. The first-order valence-electron chi connectivity index (χ1n) is 10.6. The lowest BCUT2D eigenvalue weighted by atomic mass is 10.00. The smallest absolute Gasteiger partial charge is 0.341 e. The zero-order chi connectivity index (χ0) is 25.4. The van der Waals surface area contributed by atoms with E-state index in [0.717, 1.165) is 16.7 Å². The molecule has 0 amide bonds. The van der Waals surface area contributed by atoms with Crippen molar-refractivity contribution < 1.29 is 32.9 Å². The topological polar surface area (TPSA) is 71.1 Å². The highest BCUT2D eigenvalue weighted by Gasteiger charge is 2.14. The molecule has 0 bridgehead atoms.